The van der Waals surface area contributed by atoms with Gasteiger partial charge in [0.2, 0.25) is 0 Å². The molecule has 2 nitrogen and oxygen atoms in total. The molecule has 122 valence electrons. The van der Waals surface area contributed by atoms with E-state index in [1.54, 1.807) is 0 Å². The molecule has 2 aromatic rings. The Morgan fingerprint density at radius 1 is 0.957 bits per heavy atom. The highest BCUT2D eigenvalue weighted by Gasteiger charge is 2.13. The van der Waals surface area contributed by atoms with Crippen LogP contribution in [0.15, 0.2) is 48.5 Å². The highest BCUT2D eigenvalue weighted by molar-refractivity contribution is 6.30. The summed E-state index contributed by atoms with van der Waals surface area (Å²) in [4.78, 5) is 4.99. The van der Waals surface area contributed by atoms with E-state index in [9.17, 15) is 0 Å². The zero-order chi connectivity index (χ0) is 16.1. The maximum absolute atomic E-state index is 6.15. The van der Waals surface area contributed by atoms with Crippen molar-refractivity contribution in [3.63, 3.8) is 0 Å². The highest BCUT2D eigenvalue weighted by Crippen LogP contribution is 2.27. The molecule has 0 N–H and O–H groups in total. The maximum Gasteiger partial charge on any atom is 0.0412 e. The molecule has 1 aliphatic heterocycles. The molecule has 2 aromatic carbocycles. The van der Waals surface area contributed by atoms with Gasteiger partial charge in [0, 0.05) is 31.2 Å². The van der Waals surface area contributed by atoms with Gasteiger partial charge in [0.05, 0.1) is 0 Å². The summed E-state index contributed by atoms with van der Waals surface area (Å²) in [6.07, 6.45) is 2.33. The van der Waals surface area contributed by atoms with E-state index in [4.69, 9.17) is 11.6 Å². The lowest BCUT2D eigenvalue weighted by Crippen LogP contribution is -2.44. The molecule has 0 atom stereocenters. The van der Waals surface area contributed by atoms with E-state index in [1.165, 1.54) is 55.8 Å². The summed E-state index contributed by atoms with van der Waals surface area (Å²) in [5.74, 6) is 0. The number of likely N-dealkylation sites (N-methyl/N-ethyl adjacent to an activating group) is 1. The molecule has 3 rings (SSSR count). The topological polar surface area (TPSA) is 6.48 Å². The molecule has 1 heterocycles. The Kier molecular flexibility index (Phi) is 5.71. The van der Waals surface area contributed by atoms with E-state index < -0.39 is 0 Å². The SMILES string of the molecule is CN1CCN(CCCc2ccccc2-c2cccc(Cl)c2)CC1. The summed E-state index contributed by atoms with van der Waals surface area (Å²) in [6, 6.07) is 16.9. The number of aryl methyl sites for hydroxylation is 1. The number of piperazine rings is 1. The molecule has 0 bridgehead atoms. The number of benzene rings is 2. The lowest BCUT2D eigenvalue weighted by molar-refractivity contribution is 0.153. The van der Waals surface area contributed by atoms with Crippen molar-refractivity contribution in [2.45, 2.75) is 12.8 Å². The van der Waals surface area contributed by atoms with Crippen molar-refractivity contribution in [3.8, 4) is 11.1 Å². The smallest absolute Gasteiger partial charge is 0.0412 e. The molecular formula is C20H25ClN2. The van der Waals surface area contributed by atoms with Gasteiger partial charge in [-0.25, -0.2) is 0 Å². The van der Waals surface area contributed by atoms with E-state index >= 15 is 0 Å². The van der Waals surface area contributed by atoms with Gasteiger partial charge in [-0.05, 0) is 55.3 Å². The first kappa shape index (κ1) is 16.5. The van der Waals surface area contributed by atoms with Gasteiger partial charge in [-0.15, -0.1) is 0 Å². The number of hydrogen-bond donors (Lipinski definition) is 0. The Labute approximate surface area is 144 Å². The minimum atomic E-state index is 0.801. The van der Waals surface area contributed by atoms with Gasteiger partial charge < -0.3 is 9.80 Å². The average molecular weight is 329 g/mol. The Balaban J connectivity index is 1.62. The van der Waals surface area contributed by atoms with Crippen LogP contribution in [0, 0.1) is 0 Å². The van der Waals surface area contributed by atoms with E-state index in [-0.39, 0.29) is 0 Å². The second kappa shape index (κ2) is 7.96. The summed E-state index contributed by atoms with van der Waals surface area (Å²) in [5, 5.41) is 0.801. The van der Waals surface area contributed by atoms with Crippen LogP contribution in [0.3, 0.4) is 0 Å². The summed E-state index contributed by atoms with van der Waals surface area (Å²) in [5.41, 5.74) is 3.95. The van der Waals surface area contributed by atoms with Crippen molar-refractivity contribution in [2.24, 2.45) is 0 Å². The lowest BCUT2D eigenvalue weighted by atomic mass is 9.96. The number of nitrogens with zero attached hydrogens (tertiary/aromatic N) is 2. The predicted molar refractivity (Wildman–Crippen MR) is 99.1 cm³/mol. The second-order valence-corrected chi connectivity index (χ2v) is 6.85. The van der Waals surface area contributed by atoms with Gasteiger partial charge in [0.15, 0.2) is 0 Å². The van der Waals surface area contributed by atoms with Gasteiger partial charge in [-0.3, -0.25) is 0 Å². The Morgan fingerprint density at radius 3 is 2.52 bits per heavy atom. The van der Waals surface area contributed by atoms with Crippen LogP contribution in [0.2, 0.25) is 5.02 Å². The Bertz CT molecular complexity index is 633. The fraction of sp³-hybridized carbons (Fsp3) is 0.400. The molecule has 1 fully saturated rings. The number of halogens is 1. The van der Waals surface area contributed by atoms with Crippen LogP contribution in [-0.4, -0.2) is 49.6 Å². The predicted octanol–water partition coefficient (Wildman–Crippen LogP) is 4.19. The molecule has 0 aromatic heterocycles. The molecule has 0 spiro atoms. The maximum atomic E-state index is 6.15. The quantitative estimate of drug-likeness (QED) is 0.812. The third kappa shape index (κ3) is 4.57. The average Bonchev–Trinajstić information content (AvgIpc) is 2.57. The molecule has 0 saturated carbocycles. The van der Waals surface area contributed by atoms with Crippen molar-refractivity contribution >= 4 is 11.6 Å². The minimum Gasteiger partial charge on any atom is -0.304 e. The van der Waals surface area contributed by atoms with E-state index in [1.807, 2.05) is 12.1 Å². The summed E-state index contributed by atoms with van der Waals surface area (Å²) < 4.78 is 0. The van der Waals surface area contributed by atoms with Crippen LogP contribution in [-0.2, 0) is 6.42 Å². The van der Waals surface area contributed by atoms with Crippen LogP contribution < -0.4 is 0 Å². The Hall–Kier alpha value is -1.35. The summed E-state index contributed by atoms with van der Waals surface area (Å²) in [6.45, 7) is 5.98. The highest BCUT2D eigenvalue weighted by atomic mass is 35.5. The van der Waals surface area contributed by atoms with Crippen LogP contribution in [0.1, 0.15) is 12.0 Å². The zero-order valence-electron chi connectivity index (χ0n) is 13.8. The van der Waals surface area contributed by atoms with Gasteiger partial charge in [0.1, 0.15) is 0 Å². The van der Waals surface area contributed by atoms with Gasteiger partial charge in [0.25, 0.3) is 0 Å². The second-order valence-electron chi connectivity index (χ2n) is 6.42. The summed E-state index contributed by atoms with van der Waals surface area (Å²) in [7, 11) is 2.21. The van der Waals surface area contributed by atoms with Gasteiger partial charge in [-0.2, -0.15) is 0 Å². The fourth-order valence-corrected chi connectivity index (χ4v) is 3.43. The van der Waals surface area contributed by atoms with E-state index in [0.717, 1.165) is 11.4 Å². The molecule has 0 unspecified atom stereocenters. The molecule has 1 aliphatic rings. The largest absolute Gasteiger partial charge is 0.304 e. The lowest BCUT2D eigenvalue weighted by Gasteiger charge is -2.32. The minimum absolute atomic E-state index is 0.801. The van der Waals surface area contributed by atoms with Crippen LogP contribution in [0.4, 0.5) is 0 Å². The van der Waals surface area contributed by atoms with Crippen LogP contribution in [0.5, 0.6) is 0 Å². The molecular weight excluding hydrogens is 304 g/mol. The number of rotatable bonds is 5. The van der Waals surface area contributed by atoms with Crippen molar-refractivity contribution < 1.29 is 0 Å². The summed E-state index contributed by atoms with van der Waals surface area (Å²) >= 11 is 6.15. The molecule has 0 amide bonds. The van der Waals surface area contributed by atoms with Gasteiger partial charge in [-0.1, -0.05) is 48.0 Å². The first-order valence-electron chi connectivity index (χ1n) is 8.47. The van der Waals surface area contributed by atoms with E-state index in [0.29, 0.717) is 0 Å². The van der Waals surface area contributed by atoms with Gasteiger partial charge >= 0.3 is 0 Å². The molecule has 0 aliphatic carbocycles. The Morgan fingerprint density at radius 2 is 1.74 bits per heavy atom. The number of hydrogen-bond acceptors (Lipinski definition) is 2. The molecule has 23 heavy (non-hydrogen) atoms. The van der Waals surface area contributed by atoms with Crippen LogP contribution >= 0.6 is 11.6 Å². The fourth-order valence-electron chi connectivity index (χ4n) is 3.24. The standard InChI is InChI=1S/C20H25ClN2/c1-22-12-14-23(15-13-22)11-5-8-17-6-2-3-10-20(17)18-7-4-9-19(21)16-18/h2-4,6-7,9-10,16H,5,8,11-15H2,1H3. The third-order valence-corrected chi connectivity index (χ3v) is 4.90. The van der Waals surface area contributed by atoms with E-state index in [2.05, 4.69) is 53.2 Å². The monoisotopic (exact) mass is 328 g/mol. The molecule has 1 saturated heterocycles. The molecule has 0 radical (unpaired) electrons. The first-order valence-corrected chi connectivity index (χ1v) is 8.85. The molecule has 3 heteroatoms. The zero-order valence-corrected chi connectivity index (χ0v) is 14.6. The third-order valence-electron chi connectivity index (χ3n) is 4.67. The van der Waals surface area contributed by atoms with Crippen LogP contribution in [0.25, 0.3) is 11.1 Å². The van der Waals surface area contributed by atoms with Crippen molar-refractivity contribution in [3.05, 3.63) is 59.1 Å². The normalized spacial score (nSPS) is 16.6. The van der Waals surface area contributed by atoms with Crippen molar-refractivity contribution in [2.75, 3.05) is 39.8 Å². The van der Waals surface area contributed by atoms with Crippen molar-refractivity contribution in [1.82, 2.24) is 9.80 Å². The van der Waals surface area contributed by atoms with Crippen molar-refractivity contribution in [1.29, 1.82) is 0 Å². The first-order chi connectivity index (χ1) is 11.2.